The molecular formula is C11H13BrO2. The van der Waals surface area contributed by atoms with Crippen molar-refractivity contribution in [1.82, 2.24) is 0 Å². The number of hydrogen-bond donors (Lipinski definition) is 0. The molecule has 2 nitrogen and oxygen atoms in total. The van der Waals surface area contributed by atoms with Gasteiger partial charge in [-0.1, -0.05) is 22.0 Å². The molecule has 0 aliphatic heterocycles. The molecule has 0 radical (unpaired) electrons. The van der Waals surface area contributed by atoms with Gasteiger partial charge in [0.15, 0.2) is 6.79 Å². The van der Waals surface area contributed by atoms with Crippen LogP contribution in [0.4, 0.5) is 0 Å². The maximum absolute atomic E-state index is 5.34. The Morgan fingerprint density at radius 3 is 2.79 bits per heavy atom. The third-order valence-electron chi connectivity index (χ3n) is 2.33. The fourth-order valence-electron chi connectivity index (χ4n) is 1.45. The van der Waals surface area contributed by atoms with Crippen molar-refractivity contribution >= 4 is 15.9 Å². The Morgan fingerprint density at radius 1 is 1.43 bits per heavy atom. The average molecular weight is 257 g/mol. The van der Waals surface area contributed by atoms with E-state index in [0.29, 0.717) is 6.79 Å². The maximum atomic E-state index is 5.34. The number of hydrogen-bond acceptors (Lipinski definition) is 2. The fraction of sp³-hybridized carbons (Fsp3) is 0.455. The molecule has 1 aliphatic carbocycles. The van der Waals surface area contributed by atoms with Gasteiger partial charge in [0.05, 0.1) is 0 Å². The molecule has 0 spiro atoms. The highest BCUT2D eigenvalue weighted by Crippen LogP contribution is 2.44. The van der Waals surface area contributed by atoms with Crippen LogP contribution >= 0.6 is 15.9 Å². The van der Waals surface area contributed by atoms with Gasteiger partial charge in [0.2, 0.25) is 0 Å². The molecule has 0 heterocycles. The lowest BCUT2D eigenvalue weighted by atomic mass is 10.1. The smallest absolute Gasteiger partial charge is 0.188 e. The predicted octanol–water partition coefficient (Wildman–Crippen LogP) is 3.31. The molecule has 0 bridgehead atoms. The molecule has 1 aliphatic rings. The molecule has 3 heteroatoms. The van der Waals surface area contributed by atoms with Gasteiger partial charge in [0.1, 0.15) is 5.75 Å². The first kappa shape index (κ1) is 9.99. The van der Waals surface area contributed by atoms with Crippen molar-refractivity contribution in [1.29, 1.82) is 0 Å². The van der Waals surface area contributed by atoms with Crippen LogP contribution in [0.15, 0.2) is 22.7 Å². The van der Waals surface area contributed by atoms with Gasteiger partial charge in [-0.15, -0.1) is 0 Å². The van der Waals surface area contributed by atoms with Crippen molar-refractivity contribution in [2.75, 3.05) is 13.9 Å². The predicted molar refractivity (Wildman–Crippen MR) is 58.6 cm³/mol. The van der Waals surface area contributed by atoms with E-state index in [1.54, 1.807) is 7.11 Å². The van der Waals surface area contributed by atoms with E-state index >= 15 is 0 Å². The second kappa shape index (κ2) is 4.32. The molecule has 0 unspecified atom stereocenters. The summed E-state index contributed by atoms with van der Waals surface area (Å²) in [6.07, 6.45) is 2.63. The molecule has 0 N–H and O–H groups in total. The van der Waals surface area contributed by atoms with Crippen molar-refractivity contribution in [2.45, 2.75) is 18.8 Å². The third kappa shape index (κ3) is 2.28. The summed E-state index contributed by atoms with van der Waals surface area (Å²) in [6, 6.07) is 6.14. The van der Waals surface area contributed by atoms with E-state index in [9.17, 15) is 0 Å². The number of ether oxygens (including phenoxy) is 2. The number of benzene rings is 1. The van der Waals surface area contributed by atoms with Crippen LogP contribution in [0, 0.1) is 0 Å². The summed E-state index contributed by atoms with van der Waals surface area (Å²) < 4.78 is 11.3. The number of halogens is 1. The second-order valence-corrected chi connectivity index (χ2v) is 4.36. The molecule has 0 atom stereocenters. The highest BCUT2D eigenvalue weighted by molar-refractivity contribution is 9.10. The van der Waals surface area contributed by atoms with Crippen LogP contribution in [0.25, 0.3) is 0 Å². The highest BCUT2D eigenvalue weighted by Gasteiger charge is 2.25. The van der Waals surface area contributed by atoms with Crippen LogP contribution in [0.2, 0.25) is 0 Å². The molecule has 2 rings (SSSR count). The normalized spacial score (nSPS) is 15.6. The van der Waals surface area contributed by atoms with Crippen LogP contribution in [0.3, 0.4) is 0 Å². The van der Waals surface area contributed by atoms with Gasteiger partial charge in [-0.25, -0.2) is 0 Å². The second-order valence-electron chi connectivity index (χ2n) is 3.51. The molecule has 0 saturated heterocycles. The molecule has 1 aromatic rings. The zero-order chi connectivity index (χ0) is 9.97. The van der Waals surface area contributed by atoms with Gasteiger partial charge in [0.25, 0.3) is 0 Å². The first-order valence-electron chi connectivity index (χ1n) is 4.72. The van der Waals surface area contributed by atoms with Crippen molar-refractivity contribution in [3.63, 3.8) is 0 Å². The van der Waals surface area contributed by atoms with Crippen molar-refractivity contribution < 1.29 is 9.47 Å². The molecule has 76 valence electrons. The summed E-state index contributed by atoms with van der Waals surface area (Å²) in [4.78, 5) is 0. The van der Waals surface area contributed by atoms with Crippen molar-refractivity contribution in [3.05, 3.63) is 28.2 Å². The topological polar surface area (TPSA) is 18.5 Å². The molecular weight excluding hydrogens is 244 g/mol. The Morgan fingerprint density at radius 2 is 2.21 bits per heavy atom. The molecule has 1 fully saturated rings. The Bertz CT molecular complexity index is 321. The van der Waals surface area contributed by atoms with E-state index in [4.69, 9.17) is 9.47 Å². The molecule has 0 amide bonds. The van der Waals surface area contributed by atoms with Crippen molar-refractivity contribution in [2.24, 2.45) is 0 Å². The summed E-state index contributed by atoms with van der Waals surface area (Å²) in [6.45, 7) is 0.301. The zero-order valence-electron chi connectivity index (χ0n) is 8.13. The minimum atomic E-state index is 0.301. The lowest BCUT2D eigenvalue weighted by Crippen LogP contribution is -1.98. The zero-order valence-corrected chi connectivity index (χ0v) is 9.71. The quantitative estimate of drug-likeness (QED) is 0.770. The van der Waals surface area contributed by atoms with Gasteiger partial charge < -0.3 is 9.47 Å². The van der Waals surface area contributed by atoms with Gasteiger partial charge in [-0.05, 0) is 36.5 Å². The summed E-state index contributed by atoms with van der Waals surface area (Å²) in [7, 11) is 1.62. The molecule has 1 aromatic carbocycles. The minimum absolute atomic E-state index is 0.301. The fourth-order valence-corrected chi connectivity index (χ4v) is 2.13. The van der Waals surface area contributed by atoms with E-state index in [-0.39, 0.29) is 0 Å². The van der Waals surface area contributed by atoms with E-state index in [2.05, 4.69) is 22.0 Å². The molecule has 0 aromatic heterocycles. The summed E-state index contributed by atoms with van der Waals surface area (Å²) in [5.74, 6) is 1.61. The van der Waals surface area contributed by atoms with Gasteiger partial charge in [-0.2, -0.15) is 0 Å². The largest absolute Gasteiger partial charge is 0.468 e. The minimum Gasteiger partial charge on any atom is -0.468 e. The third-order valence-corrected chi connectivity index (χ3v) is 3.02. The Kier molecular flexibility index (Phi) is 3.08. The van der Waals surface area contributed by atoms with Gasteiger partial charge in [-0.3, -0.25) is 0 Å². The van der Waals surface area contributed by atoms with Crippen LogP contribution in [0.5, 0.6) is 5.75 Å². The Hall–Kier alpha value is -0.540. The van der Waals surface area contributed by atoms with Crippen molar-refractivity contribution in [3.8, 4) is 5.75 Å². The highest BCUT2D eigenvalue weighted by atomic mass is 79.9. The summed E-state index contributed by atoms with van der Waals surface area (Å²) >= 11 is 3.56. The first-order chi connectivity index (χ1) is 6.81. The first-order valence-corrected chi connectivity index (χ1v) is 5.51. The number of methoxy groups -OCH3 is 1. The monoisotopic (exact) mass is 256 g/mol. The van der Waals surface area contributed by atoms with E-state index in [0.717, 1.165) is 16.1 Å². The molecule has 1 saturated carbocycles. The van der Waals surface area contributed by atoms with Gasteiger partial charge >= 0.3 is 0 Å². The molecule has 14 heavy (non-hydrogen) atoms. The van der Waals surface area contributed by atoms with Crippen LogP contribution in [-0.2, 0) is 4.74 Å². The van der Waals surface area contributed by atoms with E-state index in [1.165, 1.54) is 18.4 Å². The maximum Gasteiger partial charge on any atom is 0.188 e. The lowest BCUT2D eigenvalue weighted by molar-refractivity contribution is 0.0511. The Balaban J connectivity index is 2.09. The average Bonchev–Trinajstić information content (AvgIpc) is 2.98. The van der Waals surface area contributed by atoms with Crippen LogP contribution < -0.4 is 4.74 Å². The van der Waals surface area contributed by atoms with Gasteiger partial charge in [0, 0.05) is 11.6 Å². The SMILES string of the molecule is COCOc1ccc(C2CC2)c(Br)c1. The van der Waals surface area contributed by atoms with Crippen LogP contribution in [0.1, 0.15) is 24.3 Å². The van der Waals surface area contributed by atoms with E-state index in [1.807, 2.05) is 12.1 Å². The van der Waals surface area contributed by atoms with E-state index < -0.39 is 0 Å². The summed E-state index contributed by atoms with van der Waals surface area (Å²) in [5, 5.41) is 0. The lowest BCUT2D eigenvalue weighted by Gasteiger charge is -2.07. The summed E-state index contributed by atoms with van der Waals surface area (Å²) in [5.41, 5.74) is 1.40. The Labute approximate surface area is 92.3 Å². The van der Waals surface area contributed by atoms with Crippen LogP contribution in [-0.4, -0.2) is 13.9 Å². The standard InChI is InChI=1S/C11H13BrO2/c1-13-7-14-9-4-5-10(8-2-3-8)11(12)6-9/h4-6,8H,2-3,7H2,1H3. The number of rotatable bonds is 4.